The predicted molar refractivity (Wildman–Crippen MR) is 65.1 cm³/mol. The summed E-state index contributed by atoms with van der Waals surface area (Å²) in [4.78, 5) is 11.5. The van der Waals surface area contributed by atoms with E-state index in [1.165, 1.54) is 12.1 Å². The first kappa shape index (κ1) is 13.4. The molecule has 4 nitrogen and oxygen atoms in total. The highest BCUT2D eigenvalue weighted by Crippen LogP contribution is 2.16. The van der Waals surface area contributed by atoms with Crippen LogP contribution in [0.1, 0.15) is 19.8 Å². The van der Waals surface area contributed by atoms with Gasteiger partial charge in [-0.1, -0.05) is 0 Å². The summed E-state index contributed by atoms with van der Waals surface area (Å²) in [5.41, 5.74) is 5.81. The first-order valence-electron chi connectivity index (χ1n) is 5.40. The number of anilines is 2. The molecule has 0 bridgehead atoms. The maximum atomic E-state index is 13.1. The van der Waals surface area contributed by atoms with E-state index >= 15 is 0 Å². The van der Waals surface area contributed by atoms with E-state index in [4.69, 9.17) is 10.5 Å². The van der Waals surface area contributed by atoms with Crippen molar-refractivity contribution in [2.75, 3.05) is 18.2 Å². The van der Waals surface area contributed by atoms with E-state index in [9.17, 15) is 9.18 Å². The lowest BCUT2D eigenvalue weighted by Gasteiger charge is -2.09. The van der Waals surface area contributed by atoms with Crippen molar-refractivity contribution in [3.05, 3.63) is 24.0 Å². The Morgan fingerprint density at radius 2 is 2.29 bits per heavy atom. The number of benzene rings is 1. The fraction of sp³-hybridized carbons (Fsp3) is 0.417. The Hall–Kier alpha value is -1.62. The van der Waals surface area contributed by atoms with E-state index in [0.717, 1.165) is 0 Å². The molecule has 3 N–H and O–H groups in total. The maximum absolute atomic E-state index is 13.1. The average molecular weight is 240 g/mol. The molecule has 94 valence electrons. The molecule has 5 heteroatoms. The monoisotopic (exact) mass is 240 g/mol. The van der Waals surface area contributed by atoms with Gasteiger partial charge in [0.05, 0.1) is 11.8 Å². The highest BCUT2D eigenvalue weighted by atomic mass is 19.1. The zero-order chi connectivity index (χ0) is 12.8. The summed E-state index contributed by atoms with van der Waals surface area (Å²) in [7, 11) is 1.60. The van der Waals surface area contributed by atoms with Gasteiger partial charge in [0.15, 0.2) is 0 Å². The average Bonchev–Trinajstić information content (AvgIpc) is 2.31. The molecule has 0 heterocycles. The van der Waals surface area contributed by atoms with Crippen LogP contribution >= 0.6 is 0 Å². The van der Waals surface area contributed by atoms with Gasteiger partial charge in [-0.05, 0) is 31.5 Å². The molecule has 1 aromatic rings. The van der Waals surface area contributed by atoms with Crippen molar-refractivity contribution in [1.29, 1.82) is 0 Å². The summed E-state index contributed by atoms with van der Waals surface area (Å²) < 4.78 is 18.1. The van der Waals surface area contributed by atoms with E-state index in [2.05, 4.69) is 5.32 Å². The smallest absolute Gasteiger partial charge is 0.224 e. The molecule has 17 heavy (non-hydrogen) atoms. The van der Waals surface area contributed by atoms with Gasteiger partial charge in [0.1, 0.15) is 5.82 Å². The second-order valence-corrected chi connectivity index (χ2v) is 3.87. The highest BCUT2D eigenvalue weighted by Gasteiger charge is 2.07. The van der Waals surface area contributed by atoms with E-state index in [1.54, 1.807) is 13.2 Å². The minimum Gasteiger partial charge on any atom is -0.396 e. The lowest BCUT2D eigenvalue weighted by molar-refractivity contribution is -0.116. The van der Waals surface area contributed by atoms with E-state index in [1.807, 2.05) is 6.92 Å². The van der Waals surface area contributed by atoms with Crippen LogP contribution in [0, 0.1) is 5.82 Å². The number of methoxy groups -OCH3 is 1. The Kier molecular flexibility index (Phi) is 4.90. The van der Waals surface area contributed by atoms with Crippen LogP contribution in [0.25, 0.3) is 0 Å². The molecule has 0 radical (unpaired) electrons. The highest BCUT2D eigenvalue weighted by molar-refractivity contribution is 5.90. The van der Waals surface area contributed by atoms with Gasteiger partial charge in [-0.3, -0.25) is 4.79 Å². The molecule has 0 fully saturated rings. The van der Waals surface area contributed by atoms with Crippen LogP contribution in [0.5, 0.6) is 0 Å². The Balaban J connectivity index is 2.48. The molecule has 0 aromatic heterocycles. The maximum Gasteiger partial charge on any atom is 0.224 e. The van der Waals surface area contributed by atoms with Crippen LogP contribution in [0.3, 0.4) is 0 Å². The molecule has 1 unspecified atom stereocenters. The fourth-order valence-corrected chi connectivity index (χ4v) is 1.28. The lowest BCUT2D eigenvalue weighted by atomic mass is 10.2. The summed E-state index contributed by atoms with van der Waals surface area (Å²) >= 11 is 0. The third-order valence-corrected chi connectivity index (χ3v) is 2.46. The number of carbonyl (C=O) groups is 1. The van der Waals surface area contributed by atoms with Crippen LogP contribution in [0.4, 0.5) is 15.8 Å². The number of nitrogens with one attached hydrogen (secondary N) is 1. The van der Waals surface area contributed by atoms with E-state index in [-0.39, 0.29) is 17.7 Å². The molecule has 1 aromatic carbocycles. The summed E-state index contributed by atoms with van der Waals surface area (Å²) in [6, 6.07) is 4.19. The molecule has 0 saturated heterocycles. The van der Waals surface area contributed by atoms with Gasteiger partial charge < -0.3 is 15.8 Å². The van der Waals surface area contributed by atoms with Crippen LogP contribution in [0.2, 0.25) is 0 Å². The molecular formula is C12H17FN2O2. The van der Waals surface area contributed by atoms with Gasteiger partial charge in [0.25, 0.3) is 0 Å². The third-order valence-electron chi connectivity index (χ3n) is 2.46. The Labute approximate surface area is 100.0 Å². The van der Waals surface area contributed by atoms with Crippen molar-refractivity contribution in [2.45, 2.75) is 25.9 Å². The minimum absolute atomic E-state index is 0.0314. The fourth-order valence-electron chi connectivity index (χ4n) is 1.28. The number of rotatable bonds is 5. The molecule has 1 atom stereocenters. The Morgan fingerprint density at radius 1 is 1.59 bits per heavy atom. The third kappa shape index (κ3) is 4.40. The number of halogens is 1. The van der Waals surface area contributed by atoms with Crippen molar-refractivity contribution in [1.82, 2.24) is 0 Å². The van der Waals surface area contributed by atoms with Crippen LogP contribution < -0.4 is 11.1 Å². The van der Waals surface area contributed by atoms with Gasteiger partial charge >= 0.3 is 0 Å². The largest absolute Gasteiger partial charge is 0.396 e. The van der Waals surface area contributed by atoms with Crippen LogP contribution in [-0.2, 0) is 9.53 Å². The Bertz CT molecular complexity index is 396. The normalized spacial score (nSPS) is 12.2. The van der Waals surface area contributed by atoms with Crippen molar-refractivity contribution < 1.29 is 13.9 Å². The molecule has 1 rings (SSSR count). The number of ether oxygens (including phenoxy) is 1. The number of nitrogens with two attached hydrogens (primary N) is 1. The van der Waals surface area contributed by atoms with Crippen LogP contribution in [0.15, 0.2) is 18.2 Å². The minimum atomic E-state index is -0.534. The predicted octanol–water partition coefficient (Wildman–Crippen LogP) is 2.16. The van der Waals surface area contributed by atoms with E-state index < -0.39 is 5.82 Å². The molecule has 0 spiro atoms. The second kappa shape index (κ2) is 6.20. The first-order valence-corrected chi connectivity index (χ1v) is 5.40. The molecular weight excluding hydrogens is 223 g/mol. The molecule has 1 amide bonds. The number of carbonyl (C=O) groups excluding carboxylic acids is 1. The zero-order valence-corrected chi connectivity index (χ0v) is 10.00. The zero-order valence-electron chi connectivity index (χ0n) is 10.00. The van der Waals surface area contributed by atoms with Gasteiger partial charge in [0.2, 0.25) is 5.91 Å². The van der Waals surface area contributed by atoms with Crippen LogP contribution in [-0.4, -0.2) is 19.1 Å². The number of hydrogen-bond acceptors (Lipinski definition) is 3. The quantitative estimate of drug-likeness (QED) is 0.775. The Morgan fingerprint density at radius 3 is 2.88 bits per heavy atom. The summed E-state index contributed by atoms with van der Waals surface area (Å²) in [6.45, 7) is 1.89. The standard InChI is InChI=1S/C12H17FN2O2/c1-8(17-2)3-6-12(16)15-9-4-5-11(14)10(13)7-9/h4-5,7-8H,3,6,14H2,1-2H3,(H,15,16). The molecule has 0 aliphatic heterocycles. The summed E-state index contributed by atoms with van der Waals surface area (Å²) in [5.74, 6) is -0.703. The second-order valence-electron chi connectivity index (χ2n) is 3.87. The number of amides is 1. The SMILES string of the molecule is COC(C)CCC(=O)Nc1ccc(N)c(F)c1. The van der Waals surface area contributed by atoms with E-state index in [0.29, 0.717) is 18.5 Å². The molecule has 0 saturated carbocycles. The molecule has 0 aliphatic carbocycles. The topological polar surface area (TPSA) is 64.3 Å². The molecule has 0 aliphatic rings. The van der Waals surface area contributed by atoms with Crippen molar-refractivity contribution in [3.63, 3.8) is 0 Å². The summed E-state index contributed by atoms with van der Waals surface area (Å²) in [6.07, 6.45) is 0.991. The first-order chi connectivity index (χ1) is 8.02. The lowest BCUT2D eigenvalue weighted by Crippen LogP contribution is -2.15. The van der Waals surface area contributed by atoms with Gasteiger partial charge in [-0.15, -0.1) is 0 Å². The van der Waals surface area contributed by atoms with Gasteiger partial charge in [0, 0.05) is 19.2 Å². The number of hydrogen-bond donors (Lipinski definition) is 2. The van der Waals surface area contributed by atoms with Crippen molar-refractivity contribution in [3.8, 4) is 0 Å². The van der Waals surface area contributed by atoms with Gasteiger partial charge in [-0.2, -0.15) is 0 Å². The summed E-state index contributed by atoms with van der Waals surface area (Å²) in [5, 5.41) is 2.60. The van der Waals surface area contributed by atoms with Crippen molar-refractivity contribution >= 4 is 17.3 Å². The van der Waals surface area contributed by atoms with Gasteiger partial charge in [-0.25, -0.2) is 4.39 Å². The van der Waals surface area contributed by atoms with Crippen molar-refractivity contribution in [2.24, 2.45) is 0 Å². The number of nitrogen functional groups attached to an aromatic ring is 1.